The predicted molar refractivity (Wildman–Crippen MR) is 128 cm³/mol. The van der Waals surface area contributed by atoms with Crippen LogP contribution in [0.15, 0.2) is 57.5 Å². The van der Waals surface area contributed by atoms with E-state index in [0.29, 0.717) is 36.9 Å². The maximum absolute atomic E-state index is 13.6. The highest BCUT2D eigenvalue weighted by atomic mass is 35.5. The number of hydrogen-bond donors (Lipinski definition) is 1. The number of rotatable bonds is 5. The quantitative estimate of drug-likeness (QED) is 0.541. The van der Waals surface area contributed by atoms with E-state index in [0.717, 1.165) is 11.3 Å². The second-order valence-corrected chi connectivity index (χ2v) is 8.80. The van der Waals surface area contributed by atoms with Gasteiger partial charge in [-0.25, -0.2) is 9.79 Å². The molecule has 4 rings (SSSR count). The summed E-state index contributed by atoms with van der Waals surface area (Å²) in [7, 11) is 4.21. The van der Waals surface area contributed by atoms with Gasteiger partial charge in [0.2, 0.25) is 0 Å². The van der Waals surface area contributed by atoms with E-state index >= 15 is 0 Å². The second kappa shape index (κ2) is 9.36. The van der Waals surface area contributed by atoms with Gasteiger partial charge in [0.1, 0.15) is 11.8 Å². The maximum atomic E-state index is 13.6. The van der Waals surface area contributed by atoms with Gasteiger partial charge < -0.3 is 19.3 Å². The Hall–Kier alpha value is -3.56. The third kappa shape index (κ3) is 3.97. The molecule has 1 aliphatic heterocycles. The van der Waals surface area contributed by atoms with Gasteiger partial charge in [-0.2, -0.15) is 0 Å². The van der Waals surface area contributed by atoms with Crippen molar-refractivity contribution in [2.75, 3.05) is 21.3 Å². The minimum atomic E-state index is -0.876. The molecule has 1 N–H and O–H groups in total. The Morgan fingerprint density at radius 1 is 1.18 bits per heavy atom. The van der Waals surface area contributed by atoms with Gasteiger partial charge in [-0.1, -0.05) is 35.1 Å². The highest BCUT2D eigenvalue weighted by Gasteiger charge is 2.35. The number of benzene rings is 2. The number of phenols is 1. The molecular weight excluding hydrogens is 480 g/mol. The van der Waals surface area contributed by atoms with Crippen LogP contribution in [0.4, 0.5) is 0 Å². The van der Waals surface area contributed by atoms with Crippen molar-refractivity contribution in [1.82, 2.24) is 4.57 Å². The van der Waals surface area contributed by atoms with Crippen LogP contribution in [0.5, 0.6) is 17.2 Å². The van der Waals surface area contributed by atoms with E-state index in [2.05, 4.69) is 4.99 Å². The zero-order valence-electron chi connectivity index (χ0n) is 18.8. The van der Waals surface area contributed by atoms with Crippen molar-refractivity contribution in [3.05, 3.63) is 83.5 Å². The number of aromatic hydroxyl groups is 1. The number of nitrogens with zero attached hydrogens (tertiary/aromatic N) is 2. The first-order valence-electron chi connectivity index (χ1n) is 10.1. The molecule has 10 heteroatoms. The van der Waals surface area contributed by atoms with E-state index in [1.54, 1.807) is 49.4 Å². The molecule has 2 heterocycles. The molecule has 1 aliphatic rings. The Morgan fingerprint density at radius 2 is 1.91 bits per heavy atom. The number of carbonyl (C=O) groups excluding carboxylic acids is 1. The number of fused-ring (bicyclic) bond motifs is 1. The fourth-order valence-corrected chi connectivity index (χ4v) is 5.09. The van der Waals surface area contributed by atoms with Crippen molar-refractivity contribution in [3.63, 3.8) is 0 Å². The molecule has 34 heavy (non-hydrogen) atoms. The Labute approximate surface area is 203 Å². The van der Waals surface area contributed by atoms with Gasteiger partial charge in [-0.15, -0.1) is 0 Å². The number of para-hydroxylation sites is 1. The molecule has 0 unspecified atom stereocenters. The van der Waals surface area contributed by atoms with Gasteiger partial charge in [-0.3, -0.25) is 9.36 Å². The highest BCUT2D eigenvalue weighted by molar-refractivity contribution is 7.07. The first-order chi connectivity index (χ1) is 16.3. The number of aromatic nitrogens is 1. The Bertz CT molecular complexity index is 1500. The van der Waals surface area contributed by atoms with Crippen molar-refractivity contribution in [3.8, 4) is 17.2 Å². The normalized spacial score (nSPS) is 15.6. The minimum Gasteiger partial charge on any atom is -0.504 e. The molecule has 0 spiro atoms. The number of methoxy groups -OCH3 is 3. The summed E-state index contributed by atoms with van der Waals surface area (Å²) in [4.78, 5) is 31.3. The van der Waals surface area contributed by atoms with Crippen molar-refractivity contribution in [2.45, 2.75) is 13.0 Å². The van der Waals surface area contributed by atoms with Crippen molar-refractivity contribution >= 4 is 35.0 Å². The lowest BCUT2D eigenvalue weighted by Crippen LogP contribution is -2.40. The van der Waals surface area contributed by atoms with E-state index in [4.69, 9.17) is 25.8 Å². The lowest BCUT2D eigenvalue weighted by Gasteiger charge is -2.25. The monoisotopic (exact) mass is 500 g/mol. The maximum Gasteiger partial charge on any atom is 0.338 e. The summed E-state index contributed by atoms with van der Waals surface area (Å²) >= 11 is 7.41. The van der Waals surface area contributed by atoms with Crippen LogP contribution in [0.3, 0.4) is 0 Å². The number of hydrogen-bond acceptors (Lipinski definition) is 8. The number of thiazole rings is 1. The van der Waals surface area contributed by atoms with Crippen LogP contribution in [-0.4, -0.2) is 37.0 Å². The standard InChI is InChI=1S/C24H21ClN2O6S/c1-12-19(23(30)33-4)20(15-11-14(25)8-9-16(15)31-2)27-22(29)18(34-24(27)26-12)10-13-6-5-7-17(32-3)21(13)28/h5-11,20,28H,1-4H3/b18-10-/t20-/m1/s1. The van der Waals surface area contributed by atoms with E-state index in [1.807, 2.05) is 0 Å². The topological polar surface area (TPSA) is 99.4 Å². The number of esters is 1. The number of phenolic OH excluding ortho intramolecular Hbond substituents is 1. The third-order valence-corrected chi connectivity index (χ3v) is 6.67. The van der Waals surface area contributed by atoms with Gasteiger partial charge >= 0.3 is 5.97 Å². The van der Waals surface area contributed by atoms with Crippen LogP contribution < -0.4 is 24.4 Å². The molecule has 0 aliphatic carbocycles. The molecule has 1 atom stereocenters. The number of halogens is 1. The third-order valence-electron chi connectivity index (χ3n) is 5.45. The first-order valence-corrected chi connectivity index (χ1v) is 11.3. The summed E-state index contributed by atoms with van der Waals surface area (Å²) in [6.45, 7) is 1.68. The fraction of sp³-hybridized carbons (Fsp3) is 0.208. The smallest absolute Gasteiger partial charge is 0.338 e. The molecule has 0 bridgehead atoms. The Kier molecular flexibility index (Phi) is 6.49. The van der Waals surface area contributed by atoms with E-state index in [-0.39, 0.29) is 17.1 Å². The van der Waals surface area contributed by atoms with Gasteiger partial charge in [0, 0.05) is 16.1 Å². The molecule has 0 fully saturated rings. The Morgan fingerprint density at radius 3 is 2.59 bits per heavy atom. The van der Waals surface area contributed by atoms with Crippen molar-refractivity contribution < 1.29 is 24.1 Å². The Balaban J connectivity index is 2.03. The average Bonchev–Trinajstić information content (AvgIpc) is 3.13. The molecule has 2 aromatic carbocycles. The first kappa shape index (κ1) is 23.6. The SMILES string of the molecule is COC(=O)C1=C(C)N=c2s/c(=C\c3cccc(OC)c3O)c(=O)n2[C@@H]1c1cc(Cl)ccc1OC. The van der Waals surface area contributed by atoms with Crippen LogP contribution in [0.2, 0.25) is 5.02 Å². The molecule has 0 saturated carbocycles. The fourth-order valence-electron chi connectivity index (χ4n) is 3.87. The number of ether oxygens (including phenoxy) is 3. The lowest BCUT2D eigenvalue weighted by atomic mass is 9.95. The van der Waals surface area contributed by atoms with E-state index in [9.17, 15) is 14.7 Å². The van der Waals surface area contributed by atoms with Gasteiger partial charge in [0.25, 0.3) is 5.56 Å². The summed E-state index contributed by atoms with van der Waals surface area (Å²) in [6.07, 6.45) is 1.56. The molecule has 8 nitrogen and oxygen atoms in total. The zero-order chi connectivity index (χ0) is 24.6. The van der Waals surface area contributed by atoms with Gasteiger partial charge in [-0.05, 0) is 37.3 Å². The molecule has 176 valence electrons. The van der Waals surface area contributed by atoms with Crippen LogP contribution in [0.25, 0.3) is 6.08 Å². The average molecular weight is 501 g/mol. The molecule has 1 aromatic heterocycles. The minimum absolute atomic E-state index is 0.0877. The zero-order valence-corrected chi connectivity index (χ0v) is 20.4. The molecule has 3 aromatic rings. The van der Waals surface area contributed by atoms with Crippen LogP contribution in [0.1, 0.15) is 24.1 Å². The largest absolute Gasteiger partial charge is 0.504 e. The summed E-state index contributed by atoms with van der Waals surface area (Å²) in [6, 6.07) is 9.10. The summed E-state index contributed by atoms with van der Waals surface area (Å²) in [5, 5.41) is 10.9. The van der Waals surface area contributed by atoms with Crippen LogP contribution in [0, 0.1) is 0 Å². The van der Waals surface area contributed by atoms with Gasteiger partial charge in [0.05, 0.1) is 37.1 Å². The summed E-state index contributed by atoms with van der Waals surface area (Å²) < 4.78 is 17.4. The highest BCUT2D eigenvalue weighted by Crippen LogP contribution is 2.37. The van der Waals surface area contributed by atoms with Gasteiger partial charge in [0.15, 0.2) is 16.3 Å². The van der Waals surface area contributed by atoms with Crippen LogP contribution >= 0.6 is 22.9 Å². The summed E-state index contributed by atoms with van der Waals surface area (Å²) in [5.41, 5.74) is 1.14. The number of allylic oxidation sites excluding steroid dienone is 1. The molecular formula is C24H21ClN2O6S. The predicted octanol–water partition coefficient (Wildman–Crippen LogP) is 2.78. The number of carbonyl (C=O) groups is 1. The molecule has 0 saturated heterocycles. The summed E-state index contributed by atoms with van der Waals surface area (Å²) in [5.74, 6) is 0.0285. The van der Waals surface area contributed by atoms with E-state index in [1.165, 1.54) is 25.9 Å². The van der Waals surface area contributed by atoms with E-state index < -0.39 is 17.6 Å². The molecule has 0 amide bonds. The molecule has 0 radical (unpaired) electrons. The lowest BCUT2D eigenvalue weighted by molar-refractivity contribution is -0.136. The van der Waals surface area contributed by atoms with Crippen LogP contribution in [-0.2, 0) is 9.53 Å². The van der Waals surface area contributed by atoms with Crippen molar-refractivity contribution in [1.29, 1.82) is 0 Å². The second-order valence-electron chi connectivity index (χ2n) is 7.36. The van der Waals surface area contributed by atoms with Crippen molar-refractivity contribution in [2.24, 2.45) is 4.99 Å².